The zero-order chi connectivity index (χ0) is 14.8. The molecule has 2 N–H and O–H groups in total. The molecule has 0 aliphatic rings. The van der Waals surface area contributed by atoms with Crippen LogP contribution in [-0.2, 0) is 6.54 Å². The predicted octanol–water partition coefficient (Wildman–Crippen LogP) is 5.00. The van der Waals surface area contributed by atoms with Gasteiger partial charge in [-0.2, -0.15) is 0 Å². The molecule has 0 bridgehead atoms. The summed E-state index contributed by atoms with van der Waals surface area (Å²) in [6.45, 7) is 5.41. The fourth-order valence-corrected chi connectivity index (χ4v) is 3.23. The molecule has 2 aromatic carbocycles. The highest BCUT2D eigenvalue weighted by atomic mass is 15.0. The maximum atomic E-state index is 6.35. The van der Waals surface area contributed by atoms with Crippen LogP contribution in [0.15, 0.2) is 42.5 Å². The summed E-state index contributed by atoms with van der Waals surface area (Å²) in [5.41, 5.74) is 10.2. The van der Waals surface area contributed by atoms with Crippen LogP contribution < -0.4 is 5.73 Å². The summed E-state index contributed by atoms with van der Waals surface area (Å²) in [6.07, 6.45) is 3.45. The Labute approximate surface area is 126 Å². The van der Waals surface area contributed by atoms with E-state index in [-0.39, 0.29) is 6.04 Å². The van der Waals surface area contributed by atoms with Gasteiger partial charge in [0, 0.05) is 34.4 Å². The highest BCUT2D eigenvalue weighted by molar-refractivity contribution is 6.08. The molecule has 21 heavy (non-hydrogen) atoms. The summed E-state index contributed by atoms with van der Waals surface area (Å²) < 4.78 is 2.38. The lowest BCUT2D eigenvalue weighted by molar-refractivity contribution is 0.604. The molecule has 0 fully saturated rings. The molecule has 110 valence electrons. The van der Waals surface area contributed by atoms with Gasteiger partial charge in [-0.15, -0.1) is 0 Å². The summed E-state index contributed by atoms with van der Waals surface area (Å²) >= 11 is 0. The third kappa shape index (κ3) is 2.44. The number of aryl methyl sites for hydroxylation is 1. The quantitative estimate of drug-likeness (QED) is 0.700. The molecule has 0 spiro atoms. The Balaban J connectivity index is 2.15. The Hall–Kier alpha value is -1.80. The highest BCUT2D eigenvalue weighted by Crippen LogP contribution is 2.31. The predicted molar refractivity (Wildman–Crippen MR) is 91.6 cm³/mol. The van der Waals surface area contributed by atoms with E-state index in [4.69, 9.17) is 5.73 Å². The number of hydrogen-bond acceptors (Lipinski definition) is 1. The Kier molecular flexibility index (Phi) is 3.98. The van der Waals surface area contributed by atoms with E-state index in [1.807, 2.05) is 0 Å². The molecular formula is C19H24N2. The van der Waals surface area contributed by atoms with E-state index < -0.39 is 0 Å². The van der Waals surface area contributed by atoms with Gasteiger partial charge in [-0.1, -0.05) is 44.0 Å². The Morgan fingerprint density at radius 2 is 1.76 bits per heavy atom. The lowest BCUT2D eigenvalue weighted by atomic mass is 10.00. The Morgan fingerprint density at radius 3 is 2.52 bits per heavy atom. The fourth-order valence-electron chi connectivity index (χ4n) is 3.23. The monoisotopic (exact) mass is 280 g/mol. The van der Waals surface area contributed by atoms with Crippen molar-refractivity contribution in [3.05, 3.63) is 48.0 Å². The number of fused-ring (bicyclic) bond motifs is 3. The second-order valence-corrected chi connectivity index (χ2v) is 5.79. The van der Waals surface area contributed by atoms with E-state index in [1.54, 1.807) is 0 Å². The molecule has 0 aliphatic carbocycles. The van der Waals surface area contributed by atoms with Crippen LogP contribution in [0.1, 0.15) is 44.7 Å². The lowest BCUT2D eigenvalue weighted by Gasteiger charge is -2.12. The van der Waals surface area contributed by atoms with Gasteiger partial charge in [0.1, 0.15) is 0 Å². The highest BCUT2D eigenvalue weighted by Gasteiger charge is 2.12. The normalized spacial score (nSPS) is 13.1. The summed E-state index contributed by atoms with van der Waals surface area (Å²) in [6, 6.07) is 15.5. The molecule has 1 aromatic heterocycles. The minimum atomic E-state index is 0.151. The maximum Gasteiger partial charge on any atom is 0.0491 e. The zero-order valence-electron chi connectivity index (χ0n) is 13.0. The van der Waals surface area contributed by atoms with Crippen molar-refractivity contribution in [1.29, 1.82) is 0 Å². The van der Waals surface area contributed by atoms with Gasteiger partial charge in [0.15, 0.2) is 0 Å². The first-order valence-electron chi connectivity index (χ1n) is 8.02. The number of para-hydroxylation sites is 1. The summed E-state index contributed by atoms with van der Waals surface area (Å²) in [5.74, 6) is 0. The van der Waals surface area contributed by atoms with Gasteiger partial charge < -0.3 is 10.3 Å². The number of nitrogens with two attached hydrogens (primary N) is 1. The van der Waals surface area contributed by atoms with Crippen LogP contribution in [0.5, 0.6) is 0 Å². The van der Waals surface area contributed by atoms with Crippen LogP contribution >= 0.6 is 0 Å². The summed E-state index contributed by atoms with van der Waals surface area (Å²) in [5, 5.41) is 2.66. The number of hydrogen-bond donors (Lipinski definition) is 1. The van der Waals surface area contributed by atoms with E-state index in [9.17, 15) is 0 Å². The third-order valence-corrected chi connectivity index (χ3v) is 4.41. The van der Waals surface area contributed by atoms with Crippen LogP contribution in [0.3, 0.4) is 0 Å². The largest absolute Gasteiger partial charge is 0.341 e. The third-order valence-electron chi connectivity index (χ3n) is 4.41. The molecule has 3 rings (SSSR count). The number of rotatable bonds is 5. The van der Waals surface area contributed by atoms with Gasteiger partial charge in [-0.25, -0.2) is 0 Å². The molecule has 1 atom stereocenters. The van der Waals surface area contributed by atoms with E-state index in [1.165, 1.54) is 40.2 Å². The first kappa shape index (κ1) is 14.2. The van der Waals surface area contributed by atoms with Crippen molar-refractivity contribution in [2.24, 2.45) is 5.73 Å². The Bertz CT molecular complexity index is 755. The molecular weight excluding hydrogens is 256 g/mol. The van der Waals surface area contributed by atoms with Crippen LogP contribution in [0.2, 0.25) is 0 Å². The standard InChI is InChI=1S/C19H24N2/c1-3-5-9-17(20)14-11-12-19-16(13-14)15-8-6-7-10-18(15)21(19)4-2/h6-8,10-13,17H,3-5,9,20H2,1-2H3/t17-/m1/s1. The van der Waals surface area contributed by atoms with E-state index in [2.05, 4.69) is 60.9 Å². The number of nitrogens with zero attached hydrogens (tertiary/aromatic N) is 1. The SMILES string of the molecule is CCCC[C@@H](N)c1ccc2c(c1)c1ccccc1n2CC. The first-order chi connectivity index (χ1) is 10.3. The van der Waals surface area contributed by atoms with Gasteiger partial charge in [0.05, 0.1) is 0 Å². The zero-order valence-corrected chi connectivity index (χ0v) is 13.0. The molecule has 0 aliphatic heterocycles. The summed E-state index contributed by atoms with van der Waals surface area (Å²) in [7, 11) is 0. The van der Waals surface area contributed by atoms with Gasteiger partial charge in [0.2, 0.25) is 0 Å². The molecule has 0 amide bonds. The van der Waals surface area contributed by atoms with Crippen molar-refractivity contribution >= 4 is 21.8 Å². The number of benzene rings is 2. The average Bonchev–Trinajstić information content (AvgIpc) is 2.85. The minimum absolute atomic E-state index is 0.151. The lowest BCUT2D eigenvalue weighted by Crippen LogP contribution is -2.09. The van der Waals surface area contributed by atoms with Crippen molar-refractivity contribution in [3.63, 3.8) is 0 Å². The van der Waals surface area contributed by atoms with Crippen molar-refractivity contribution in [2.45, 2.75) is 45.7 Å². The molecule has 0 radical (unpaired) electrons. The maximum absolute atomic E-state index is 6.35. The number of unbranched alkanes of at least 4 members (excludes halogenated alkanes) is 1. The molecule has 0 unspecified atom stereocenters. The van der Waals surface area contributed by atoms with Gasteiger partial charge in [-0.05, 0) is 37.1 Å². The van der Waals surface area contributed by atoms with Crippen LogP contribution in [0.25, 0.3) is 21.8 Å². The first-order valence-corrected chi connectivity index (χ1v) is 8.02. The smallest absolute Gasteiger partial charge is 0.0491 e. The van der Waals surface area contributed by atoms with Crippen molar-refractivity contribution in [3.8, 4) is 0 Å². The Morgan fingerprint density at radius 1 is 1.00 bits per heavy atom. The fraction of sp³-hybridized carbons (Fsp3) is 0.368. The second-order valence-electron chi connectivity index (χ2n) is 5.79. The second kappa shape index (κ2) is 5.90. The van der Waals surface area contributed by atoms with Crippen molar-refractivity contribution in [2.75, 3.05) is 0 Å². The van der Waals surface area contributed by atoms with Crippen LogP contribution in [0, 0.1) is 0 Å². The summed E-state index contributed by atoms with van der Waals surface area (Å²) in [4.78, 5) is 0. The molecule has 0 saturated carbocycles. The van der Waals surface area contributed by atoms with Crippen molar-refractivity contribution in [1.82, 2.24) is 4.57 Å². The number of aromatic nitrogens is 1. The van der Waals surface area contributed by atoms with E-state index in [0.29, 0.717) is 0 Å². The average molecular weight is 280 g/mol. The van der Waals surface area contributed by atoms with Gasteiger partial charge in [0.25, 0.3) is 0 Å². The van der Waals surface area contributed by atoms with Gasteiger partial charge in [-0.3, -0.25) is 0 Å². The molecule has 3 aromatic rings. The molecule has 2 nitrogen and oxygen atoms in total. The van der Waals surface area contributed by atoms with Crippen LogP contribution in [-0.4, -0.2) is 4.57 Å². The molecule has 1 heterocycles. The van der Waals surface area contributed by atoms with Crippen LogP contribution in [0.4, 0.5) is 0 Å². The molecule has 2 heteroatoms. The van der Waals surface area contributed by atoms with E-state index >= 15 is 0 Å². The molecule has 0 saturated heterocycles. The minimum Gasteiger partial charge on any atom is -0.341 e. The topological polar surface area (TPSA) is 30.9 Å². The van der Waals surface area contributed by atoms with Gasteiger partial charge >= 0.3 is 0 Å². The van der Waals surface area contributed by atoms with E-state index in [0.717, 1.165) is 13.0 Å². The van der Waals surface area contributed by atoms with Crippen molar-refractivity contribution < 1.29 is 0 Å².